The average molecular weight is 416 g/mol. The predicted octanol–water partition coefficient (Wildman–Crippen LogP) is 0.494. The molecule has 0 radical (unpaired) electrons. The Kier molecular flexibility index (Phi) is 7.00. The van der Waals surface area contributed by atoms with Crippen molar-refractivity contribution < 1.29 is 19.3 Å². The number of likely N-dealkylation sites (N-methyl/N-ethyl adjacent to an activating group) is 1. The number of rotatable bonds is 6. The second-order valence-electron chi connectivity index (χ2n) is 7.38. The van der Waals surface area contributed by atoms with Crippen LogP contribution >= 0.6 is 11.3 Å². The Hall–Kier alpha value is -2.71. The number of anilines is 1. The van der Waals surface area contributed by atoms with Crippen LogP contribution in [0.5, 0.6) is 0 Å². The van der Waals surface area contributed by atoms with E-state index in [0.717, 1.165) is 21.0 Å². The van der Waals surface area contributed by atoms with Crippen LogP contribution in [0.2, 0.25) is 0 Å². The van der Waals surface area contributed by atoms with E-state index in [9.17, 15) is 14.4 Å². The molecule has 1 aliphatic rings. The van der Waals surface area contributed by atoms with Crippen molar-refractivity contribution in [2.24, 2.45) is 0 Å². The van der Waals surface area contributed by atoms with Crippen molar-refractivity contribution >= 4 is 34.7 Å². The summed E-state index contributed by atoms with van der Waals surface area (Å²) >= 11 is 1.43. The van der Waals surface area contributed by atoms with E-state index in [-0.39, 0.29) is 30.8 Å². The highest BCUT2D eigenvalue weighted by Gasteiger charge is 2.27. The lowest BCUT2D eigenvalue weighted by Crippen LogP contribution is -3.11. The molecule has 2 N–H and O–H groups in total. The fourth-order valence-electron chi connectivity index (χ4n) is 3.26. The van der Waals surface area contributed by atoms with Gasteiger partial charge in [0, 0.05) is 31.9 Å². The summed E-state index contributed by atoms with van der Waals surface area (Å²) in [6, 6.07) is 11.3. The normalized spacial score (nSPS) is 15.1. The Morgan fingerprint density at radius 3 is 2.28 bits per heavy atom. The third-order valence-electron chi connectivity index (χ3n) is 4.90. The summed E-state index contributed by atoms with van der Waals surface area (Å²) in [5.74, 6) is -0.0815. The van der Waals surface area contributed by atoms with Gasteiger partial charge in [0.2, 0.25) is 0 Å². The van der Waals surface area contributed by atoms with E-state index >= 15 is 0 Å². The van der Waals surface area contributed by atoms with Gasteiger partial charge >= 0.3 is 0 Å². The Bertz CT molecular complexity index is 843. The Morgan fingerprint density at radius 1 is 1.00 bits per heavy atom. The third kappa shape index (κ3) is 5.88. The lowest BCUT2D eigenvalue weighted by molar-refractivity contribution is -0.862. The second kappa shape index (κ2) is 9.67. The van der Waals surface area contributed by atoms with Crippen LogP contribution in [0.4, 0.5) is 5.69 Å². The molecule has 1 saturated heterocycles. The minimum Gasteiger partial charge on any atom is -0.334 e. The molecule has 1 aliphatic heterocycles. The molecule has 154 valence electrons. The van der Waals surface area contributed by atoms with Crippen molar-refractivity contribution in [1.82, 2.24) is 9.80 Å². The molecule has 0 bridgehead atoms. The number of carbonyl (C=O) groups excluding carboxylic acids is 3. The fraction of sp³-hybridized carbons (Fsp3) is 0.381. The predicted molar refractivity (Wildman–Crippen MR) is 113 cm³/mol. The van der Waals surface area contributed by atoms with Crippen LogP contribution in [0, 0.1) is 6.92 Å². The highest BCUT2D eigenvalue weighted by Crippen LogP contribution is 2.13. The zero-order valence-corrected chi connectivity index (χ0v) is 17.6. The summed E-state index contributed by atoms with van der Waals surface area (Å²) in [6.07, 6.45) is 0. The summed E-state index contributed by atoms with van der Waals surface area (Å²) in [6.45, 7) is 4.59. The summed E-state index contributed by atoms with van der Waals surface area (Å²) in [5.41, 5.74) is 1.89. The molecule has 3 amide bonds. The van der Waals surface area contributed by atoms with Gasteiger partial charge in [0.25, 0.3) is 17.7 Å². The topological polar surface area (TPSA) is 74.2 Å². The van der Waals surface area contributed by atoms with E-state index in [0.29, 0.717) is 26.2 Å². The van der Waals surface area contributed by atoms with Gasteiger partial charge in [-0.25, -0.2) is 0 Å². The van der Waals surface area contributed by atoms with Gasteiger partial charge in [-0.15, -0.1) is 11.3 Å². The zero-order valence-electron chi connectivity index (χ0n) is 16.8. The highest BCUT2D eigenvalue weighted by atomic mass is 32.1. The number of benzene rings is 1. The number of hydrogen-bond donors (Lipinski definition) is 2. The van der Waals surface area contributed by atoms with E-state index in [1.54, 1.807) is 9.80 Å². The average Bonchev–Trinajstić information content (AvgIpc) is 3.24. The molecule has 1 aromatic heterocycles. The molecule has 3 rings (SSSR count). The van der Waals surface area contributed by atoms with Crippen molar-refractivity contribution in [3.05, 3.63) is 52.2 Å². The molecule has 2 heterocycles. The summed E-state index contributed by atoms with van der Waals surface area (Å²) in [7, 11) is 1.84. The molecule has 1 aromatic carbocycles. The van der Waals surface area contributed by atoms with E-state index in [2.05, 4.69) is 5.32 Å². The van der Waals surface area contributed by atoms with Crippen molar-refractivity contribution in [1.29, 1.82) is 0 Å². The molecule has 8 heteroatoms. The number of piperazine rings is 1. The summed E-state index contributed by atoms with van der Waals surface area (Å²) in [5, 5.41) is 4.75. The van der Waals surface area contributed by atoms with Crippen LogP contribution < -0.4 is 10.2 Å². The Balaban J connectivity index is 1.41. The minimum atomic E-state index is -0.120. The number of amides is 3. The third-order valence-corrected chi connectivity index (χ3v) is 5.76. The van der Waals surface area contributed by atoms with Gasteiger partial charge in [-0.05, 0) is 30.5 Å². The maximum atomic E-state index is 12.6. The first-order valence-electron chi connectivity index (χ1n) is 9.71. The van der Waals surface area contributed by atoms with E-state index in [1.165, 1.54) is 11.3 Å². The molecule has 0 saturated carbocycles. The largest absolute Gasteiger partial charge is 0.334 e. The monoisotopic (exact) mass is 415 g/mol. The molecular formula is C21H27N4O3S+. The number of thiophene rings is 1. The number of nitrogens with zero attached hydrogens (tertiary/aromatic N) is 2. The smallest absolute Gasteiger partial charge is 0.279 e. The molecule has 1 atom stereocenters. The minimum absolute atomic E-state index is 0.00820. The molecular weight excluding hydrogens is 388 g/mol. The highest BCUT2D eigenvalue weighted by molar-refractivity contribution is 7.12. The van der Waals surface area contributed by atoms with Crippen LogP contribution in [0.15, 0.2) is 41.8 Å². The van der Waals surface area contributed by atoms with Crippen LogP contribution in [-0.4, -0.2) is 73.8 Å². The van der Waals surface area contributed by atoms with Crippen molar-refractivity contribution in [3.63, 3.8) is 0 Å². The first-order valence-corrected chi connectivity index (χ1v) is 10.6. The molecule has 0 spiro atoms. The number of aryl methyl sites for hydroxylation is 1. The molecule has 2 aromatic rings. The van der Waals surface area contributed by atoms with E-state index < -0.39 is 0 Å². The molecule has 7 nitrogen and oxygen atoms in total. The van der Waals surface area contributed by atoms with Crippen LogP contribution in [-0.2, 0) is 9.59 Å². The lowest BCUT2D eigenvalue weighted by Gasteiger charge is -2.34. The van der Waals surface area contributed by atoms with Crippen LogP contribution in [0.3, 0.4) is 0 Å². The molecule has 1 fully saturated rings. The Labute approximate surface area is 174 Å². The first kappa shape index (κ1) is 21.0. The quantitative estimate of drug-likeness (QED) is 0.721. The summed E-state index contributed by atoms with van der Waals surface area (Å²) in [4.78, 5) is 42.3. The van der Waals surface area contributed by atoms with Crippen molar-refractivity contribution in [2.45, 2.75) is 6.92 Å². The van der Waals surface area contributed by atoms with Crippen molar-refractivity contribution in [2.75, 3.05) is 51.6 Å². The Morgan fingerprint density at radius 2 is 1.66 bits per heavy atom. The number of hydrogen-bond acceptors (Lipinski definition) is 4. The molecule has 0 aliphatic carbocycles. The maximum Gasteiger partial charge on any atom is 0.279 e. The van der Waals surface area contributed by atoms with Gasteiger partial charge in [0.1, 0.15) is 0 Å². The first-order chi connectivity index (χ1) is 13.9. The lowest BCUT2D eigenvalue weighted by atomic mass is 10.2. The number of carbonyl (C=O) groups is 3. The standard InChI is InChI=1S/C21H26N4O3S/c1-16-5-7-17(8-6-16)22-19(26)14-23(2)15-20(27)24-9-11-25(12-10-24)21(28)18-4-3-13-29-18/h3-8,13H,9-12,14-15H2,1-2H3,(H,22,26)/p+1. The second-order valence-corrected chi connectivity index (χ2v) is 8.32. The van der Waals surface area contributed by atoms with Gasteiger partial charge in [-0.2, -0.15) is 0 Å². The van der Waals surface area contributed by atoms with Gasteiger partial charge < -0.3 is 20.0 Å². The SMILES string of the molecule is Cc1ccc(NC(=O)C[NH+](C)CC(=O)N2CCN(C(=O)c3cccs3)CC2)cc1. The maximum absolute atomic E-state index is 12.6. The number of nitrogens with one attached hydrogen (secondary N) is 2. The van der Waals surface area contributed by atoms with E-state index in [1.807, 2.05) is 55.7 Å². The van der Waals surface area contributed by atoms with Crippen molar-refractivity contribution in [3.8, 4) is 0 Å². The molecule has 1 unspecified atom stereocenters. The van der Waals surface area contributed by atoms with Gasteiger partial charge in [-0.1, -0.05) is 23.8 Å². The van der Waals surface area contributed by atoms with Gasteiger partial charge in [0.05, 0.1) is 11.9 Å². The fourth-order valence-corrected chi connectivity index (χ4v) is 3.95. The van der Waals surface area contributed by atoms with E-state index in [4.69, 9.17) is 0 Å². The van der Waals surface area contributed by atoms with Gasteiger partial charge in [0.15, 0.2) is 13.1 Å². The van der Waals surface area contributed by atoms with Crippen LogP contribution in [0.25, 0.3) is 0 Å². The molecule has 29 heavy (non-hydrogen) atoms. The zero-order chi connectivity index (χ0) is 20.8. The van der Waals surface area contributed by atoms with Crippen LogP contribution in [0.1, 0.15) is 15.2 Å². The van der Waals surface area contributed by atoms with Gasteiger partial charge in [-0.3, -0.25) is 14.4 Å². The summed E-state index contributed by atoms with van der Waals surface area (Å²) < 4.78 is 0. The number of quaternary nitrogens is 1.